The highest BCUT2D eigenvalue weighted by atomic mass is 32.2. The zero-order chi connectivity index (χ0) is 23.3. The Balaban J connectivity index is 4.82. The van der Waals surface area contributed by atoms with E-state index in [1.807, 2.05) is 0 Å². The average molecular weight is 449 g/mol. The van der Waals surface area contributed by atoms with E-state index in [4.69, 9.17) is 22.3 Å². The minimum atomic E-state index is -1.54. The zero-order valence-corrected chi connectivity index (χ0v) is 17.3. The van der Waals surface area contributed by atoms with Crippen LogP contribution in [0.2, 0.25) is 0 Å². The quantitative estimate of drug-likeness (QED) is 0.131. The van der Waals surface area contributed by atoms with Crippen molar-refractivity contribution in [1.82, 2.24) is 16.0 Å². The number of carbonyl (C=O) groups excluding carboxylic acids is 5. The minimum Gasteiger partial charge on any atom is -0.480 e. The summed E-state index contributed by atoms with van der Waals surface area (Å²) in [6, 6.07) is -3.67. The molecule has 0 aromatic heterocycles. The van der Waals surface area contributed by atoms with E-state index in [1.165, 1.54) is 11.8 Å². The highest BCUT2D eigenvalue weighted by Crippen LogP contribution is 2.03. The van der Waals surface area contributed by atoms with Crippen LogP contribution in [0.5, 0.6) is 0 Å². The lowest BCUT2D eigenvalue weighted by atomic mass is 10.1. The Kier molecular flexibility index (Phi) is 12.8. The number of hydrogen-bond acceptors (Lipinski definition) is 8. The molecule has 0 radical (unpaired) electrons. The molecule has 0 aromatic rings. The monoisotopic (exact) mass is 448 g/mol. The summed E-state index contributed by atoms with van der Waals surface area (Å²) < 4.78 is 0. The second-order valence-corrected chi connectivity index (χ2v) is 7.29. The fraction of sp³-hybridized carbons (Fsp3) is 0.625. The van der Waals surface area contributed by atoms with Crippen molar-refractivity contribution in [1.29, 1.82) is 0 Å². The Morgan fingerprint density at radius 2 is 1.57 bits per heavy atom. The smallest absolute Gasteiger partial charge is 0.326 e. The molecule has 170 valence electrons. The predicted octanol–water partition coefficient (Wildman–Crippen LogP) is -3.62. The van der Waals surface area contributed by atoms with Crippen LogP contribution in [0, 0.1) is 0 Å². The van der Waals surface area contributed by atoms with Crippen molar-refractivity contribution in [2.45, 2.75) is 43.8 Å². The van der Waals surface area contributed by atoms with E-state index < -0.39 is 66.6 Å². The van der Waals surface area contributed by atoms with Gasteiger partial charge in [-0.05, 0) is 24.9 Å². The van der Waals surface area contributed by atoms with Gasteiger partial charge in [-0.3, -0.25) is 24.0 Å². The molecule has 30 heavy (non-hydrogen) atoms. The van der Waals surface area contributed by atoms with E-state index >= 15 is 0 Å². The first-order chi connectivity index (χ1) is 14.0. The van der Waals surface area contributed by atoms with Gasteiger partial charge in [0, 0.05) is 6.42 Å². The molecule has 10 N–H and O–H groups in total. The molecule has 14 heteroatoms. The molecule has 0 fully saturated rings. The maximum absolute atomic E-state index is 12.4. The summed E-state index contributed by atoms with van der Waals surface area (Å²) in [5.41, 5.74) is 15.5. The van der Waals surface area contributed by atoms with E-state index in [2.05, 4.69) is 16.0 Å². The van der Waals surface area contributed by atoms with E-state index in [-0.39, 0.29) is 19.3 Å². The van der Waals surface area contributed by atoms with Crippen molar-refractivity contribution >= 4 is 47.3 Å². The van der Waals surface area contributed by atoms with Crippen LogP contribution in [0.3, 0.4) is 0 Å². The number of thioether (sulfide) groups is 1. The number of nitrogens with two attached hydrogens (primary N) is 3. The third-order valence-corrected chi connectivity index (χ3v) is 4.39. The molecule has 5 amide bonds. The molecule has 0 rings (SSSR count). The number of carboxylic acids is 1. The normalized spacial score (nSPS) is 13.4. The van der Waals surface area contributed by atoms with Crippen LogP contribution in [0.1, 0.15) is 25.7 Å². The molecule has 0 heterocycles. The fourth-order valence-corrected chi connectivity index (χ4v) is 2.62. The van der Waals surface area contributed by atoms with Crippen LogP contribution in [-0.2, 0) is 28.8 Å². The molecular weight excluding hydrogens is 420 g/mol. The number of amides is 5. The predicted molar refractivity (Wildman–Crippen MR) is 108 cm³/mol. The molecule has 3 atom stereocenters. The molecule has 0 saturated heterocycles. The van der Waals surface area contributed by atoms with Crippen LogP contribution in [0.4, 0.5) is 0 Å². The van der Waals surface area contributed by atoms with Crippen molar-refractivity contribution in [2.24, 2.45) is 17.2 Å². The van der Waals surface area contributed by atoms with Gasteiger partial charge in [0.2, 0.25) is 29.5 Å². The number of hydrogen-bond donors (Lipinski definition) is 7. The number of primary amides is 2. The summed E-state index contributed by atoms with van der Waals surface area (Å²) in [7, 11) is 0. The number of aliphatic carboxylic acids is 1. The average Bonchev–Trinajstić information content (AvgIpc) is 2.66. The molecule has 0 aliphatic rings. The molecular formula is C16H28N6O7S. The number of nitrogens with one attached hydrogen (secondary N) is 3. The molecule has 0 aliphatic carbocycles. The number of carbonyl (C=O) groups is 6. The maximum Gasteiger partial charge on any atom is 0.326 e. The summed E-state index contributed by atoms with van der Waals surface area (Å²) in [6.45, 7) is -0.490. The maximum atomic E-state index is 12.4. The van der Waals surface area contributed by atoms with Gasteiger partial charge in [-0.25, -0.2) is 4.79 Å². The molecule has 0 saturated carbocycles. The minimum absolute atomic E-state index is 0.0119. The lowest BCUT2D eigenvalue weighted by Crippen LogP contribution is -2.54. The lowest BCUT2D eigenvalue weighted by molar-refractivity contribution is -0.143. The molecule has 0 aromatic carbocycles. The number of carboxylic acid groups (broad SMARTS) is 1. The van der Waals surface area contributed by atoms with Crippen molar-refractivity contribution in [3.05, 3.63) is 0 Å². The van der Waals surface area contributed by atoms with Gasteiger partial charge in [0.25, 0.3) is 0 Å². The molecule has 0 aliphatic heterocycles. The van der Waals surface area contributed by atoms with Crippen LogP contribution in [0.15, 0.2) is 0 Å². The first-order valence-corrected chi connectivity index (χ1v) is 10.3. The summed E-state index contributed by atoms with van der Waals surface area (Å²) in [5, 5.41) is 15.9. The molecule has 0 bridgehead atoms. The van der Waals surface area contributed by atoms with Gasteiger partial charge in [0.1, 0.15) is 12.1 Å². The molecule has 0 spiro atoms. The summed E-state index contributed by atoms with van der Waals surface area (Å²) in [5.74, 6) is -4.71. The third-order valence-electron chi connectivity index (χ3n) is 3.74. The highest BCUT2D eigenvalue weighted by molar-refractivity contribution is 7.98. The first kappa shape index (κ1) is 27.1. The third kappa shape index (κ3) is 11.9. The summed E-state index contributed by atoms with van der Waals surface area (Å²) >= 11 is 1.39. The largest absolute Gasteiger partial charge is 0.480 e. The number of rotatable bonds is 15. The Hall–Kier alpha value is -2.87. The van der Waals surface area contributed by atoms with Crippen LogP contribution < -0.4 is 33.2 Å². The SMILES string of the molecule is CSCCC(NC(=O)CNC(=O)C(N)CCC(N)=O)C(=O)NC(CC(N)=O)C(=O)O. The van der Waals surface area contributed by atoms with Crippen molar-refractivity contribution < 1.29 is 33.9 Å². The Morgan fingerprint density at radius 1 is 0.933 bits per heavy atom. The zero-order valence-electron chi connectivity index (χ0n) is 16.5. The van der Waals surface area contributed by atoms with Crippen molar-refractivity contribution in [2.75, 3.05) is 18.6 Å². The summed E-state index contributed by atoms with van der Waals surface area (Å²) in [4.78, 5) is 69.1. The van der Waals surface area contributed by atoms with Gasteiger partial charge >= 0.3 is 5.97 Å². The fourth-order valence-electron chi connectivity index (χ4n) is 2.15. The Labute approximate surface area is 177 Å². The second kappa shape index (κ2) is 14.2. The van der Waals surface area contributed by atoms with Gasteiger partial charge < -0.3 is 38.3 Å². The highest BCUT2D eigenvalue weighted by Gasteiger charge is 2.27. The van der Waals surface area contributed by atoms with E-state index in [0.717, 1.165) is 0 Å². The summed E-state index contributed by atoms with van der Waals surface area (Å²) in [6.07, 6.45) is 1.26. The van der Waals surface area contributed by atoms with E-state index in [9.17, 15) is 28.8 Å². The van der Waals surface area contributed by atoms with Crippen LogP contribution >= 0.6 is 11.8 Å². The van der Waals surface area contributed by atoms with Crippen LogP contribution in [-0.4, -0.2) is 77.3 Å². The first-order valence-electron chi connectivity index (χ1n) is 8.89. The van der Waals surface area contributed by atoms with E-state index in [0.29, 0.717) is 5.75 Å². The topological polar surface area (TPSA) is 237 Å². The van der Waals surface area contributed by atoms with Gasteiger partial charge in [-0.15, -0.1) is 0 Å². The van der Waals surface area contributed by atoms with Crippen molar-refractivity contribution in [3.63, 3.8) is 0 Å². The van der Waals surface area contributed by atoms with Gasteiger partial charge in [-0.1, -0.05) is 0 Å². The Bertz CT molecular complexity index is 660. The van der Waals surface area contributed by atoms with Crippen molar-refractivity contribution in [3.8, 4) is 0 Å². The Morgan fingerprint density at radius 3 is 2.07 bits per heavy atom. The van der Waals surface area contributed by atoms with Gasteiger partial charge in [0.05, 0.1) is 19.0 Å². The van der Waals surface area contributed by atoms with Crippen LogP contribution in [0.25, 0.3) is 0 Å². The van der Waals surface area contributed by atoms with Gasteiger partial charge in [0.15, 0.2) is 0 Å². The van der Waals surface area contributed by atoms with E-state index in [1.54, 1.807) is 6.26 Å². The molecule has 13 nitrogen and oxygen atoms in total. The second-order valence-electron chi connectivity index (χ2n) is 6.30. The van der Waals surface area contributed by atoms with Gasteiger partial charge in [-0.2, -0.15) is 11.8 Å². The molecule has 3 unspecified atom stereocenters. The standard InChI is InChI=1S/C16H28N6O7S/c1-30-5-4-9(15(27)22-10(16(28)29)6-12(19)24)21-13(25)7-20-14(26)8(17)2-3-11(18)23/h8-10H,2-7,17H2,1H3,(H2,18,23)(H2,19,24)(H,20,26)(H,21,25)(H,22,27)(H,28,29). The lowest BCUT2D eigenvalue weighted by Gasteiger charge is -2.21.